The summed E-state index contributed by atoms with van der Waals surface area (Å²) in [7, 11) is 1.99. The van der Waals surface area contributed by atoms with Crippen molar-refractivity contribution >= 4 is 34.4 Å². The van der Waals surface area contributed by atoms with Crippen LogP contribution >= 0.6 is 11.8 Å². The summed E-state index contributed by atoms with van der Waals surface area (Å²) in [6.07, 6.45) is 0.405. The van der Waals surface area contributed by atoms with Crippen LogP contribution in [0.5, 0.6) is 11.5 Å². The lowest BCUT2D eigenvalue weighted by Gasteiger charge is -2.06. The van der Waals surface area contributed by atoms with Gasteiger partial charge >= 0.3 is 0 Å². The first kappa shape index (κ1) is 15.8. The molecule has 1 aliphatic heterocycles. The molecule has 25 heavy (non-hydrogen) atoms. The fourth-order valence-corrected chi connectivity index (χ4v) is 3.61. The van der Waals surface area contributed by atoms with Gasteiger partial charge in [0.15, 0.2) is 16.7 Å². The van der Waals surface area contributed by atoms with Gasteiger partial charge in [-0.2, -0.15) is 0 Å². The molecule has 1 N–H and O–H groups in total. The number of thioether (sulfide) groups is 1. The Morgan fingerprint density at radius 3 is 2.96 bits per heavy atom. The standard InChI is InChI=1S/C18H17N3O3S/c1-21-14-5-3-2-4-13(14)20-18(21)25-9-8-17(22)19-12-6-7-15-16(10-12)24-11-23-15/h2-7,10H,8-9,11H2,1H3,(H,19,22). The molecule has 2 heterocycles. The molecule has 0 radical (unpaired) electrons. The number of benzene rings is 2. The van der Waals surface area contributed by atoms with Crippen molar-refractivity contribution in [2.45, 2.75) is 11.6 Å². The molecule has 0 unspecified atom stereocenters. The van der Waals surface area contributed by atoms with Gasteiger partial charge in [0.1, 0.15) is 0 Å². The van der Waals surface area contributed by atoms with Crippen molar-refractivity contribution < 1.29 is 14.3 Å². The number of nitrogens with zero attached hydrogens (tertiary/aromatic N) is 2. The summed E-state index contributed by atoms with van der Waals surface area (Å²) in [4.78, 5) is 16.7. The zero-order chi connectivity index (χ0) is 17.2. The smallest absolute Gasteiger partial charge is 0.231 e. The monoisotopic (exact) mass is 355 g/mol. The Labute approximate surface area is 149 Å². The van der Waals surface area contributed by atoms with Gasteiger partial charge in [0.2, 0.25) is 12.7 Å². The van der Waals surface area contributed by atoms with Crippen molar-refractivity contribution in [3.63, 3.8) is 0 Å². The van der Waals surface area contributed by atoms with Crippen LogP contribution in [0.4, 0.5) is 5.69 Å². The maximum absolute atomic E-state index is 12.1. The number of hydrogen-bond acceptors (Lipinski definition) is 5. The first-order valence-corrected chi connectivity index (χ1v) is 8.93. The van der Waals surface area contributed by atoms with Crippen molar-refractivity contribution in [3.05, 3.63) is 42.5 Å². The minimum Gasteiger partial charge on any atom is -0.454 e. The largest absolute Gasteiger partial charge is 0.454 e. The number of para-hydroxylation sites is 2. The summed E-state index contributed by atoms with van der Waals surface area (Å²) in [5, 5.41) is 3.80. The van der Waals surface area contributed by atoms with Gasteiger partial charge in [-0.15, -0.1) is 0 Å². The van der Waals surface area contributed by atoms with Crippen LogP contribution in [0.3, 0.4) is 0 Å². The van der Waals surface area contributed by atoms with Crippen LogP contribution in [0.2, 0.25) is 0 Å². The highest BCUT2D eigenvalue weighted by atomic mass is 32.2. The number of ether oxygens (including phenoxy) is 2. The van der Waals surface area contributed by atoms with Gasteiger partial charge < -0.3 is 19.4 Å². The van der Waals surface area contributed by atoms with Crippen LogP contribution in [-0.2, 0) is 11.8 Å². The molecule has 7 heteroatoms. The van der Waals surface area contributed by atoms with Crippen LogP contribution in [-0.4, -0.2) is 28.0 Å². The molecule has 0 saturated carbocycles. The van der Waals surface area contributed by atoms with Crippen LogP contribution < -0.4 is 14.8 Å². The molecule has 4 rings (SSSR count). The van der Waals surface area contributed by atoms with Crippen LogP contribution in [0.15, 0.2) is 47.6 Å². The molecule has 0 aliphatic carbocycles. The van der Waals surface area contributed by atoms with Gasteiger partial charge in [0, 0.05) is 31.0 Å². The number of carbonyl (C=O) groups excluding carboxylic acids is 1. The lowest BCUT2D eigenvalue weighted by Crippen LogP contribution is -2.12. The van der Waals surface area contributed by atoms with E-state index in [1.165, 1.54) is 0 Å². The Hall–Kier alpha value is -2.67. The molecule has 0 spiro atoms. The first-order valence-electron chi connectivity index (χ1n) is 7.94. The Bertz CT molecular complexity index is 938. The summed E-state index contributed by atoms with van der Waals surface area (Å²) >= 11 is 1.58. The highest BCUT2D eigenvalue weighted by molar-refractivity contribution is 7.99. The topological polar surface area (TPSA) is 65.4 Å². The highest BCUT2D eigenvalue weighted by Gasteiger charge is 2.14. The number of nitrogens with one attached hydrogen (secondary N) is 1. The number of fused-ring (bicyclic) bond motifs is 2. The molecule has 0 fully saturated rings. The van der Waals surface area contributed by atoms with E-state index in [1.54, 1.807) is 23.9 Å². The van der Waals surface area contributed by atoms with Gasteiger partial charge in [0.25, 0.3) is 0 Å². The molecule has 0 bridgehead atoms. The van der Waals surface area contributed by atoms with E-state index >= 15 is 0 Å². The van der Waals surface area contributed by atoms with Crippen molar-refractivity contribution in [2.24, 2.45) is 7.05 Å². The fourth-order valence-electron chi connectivity index (χ4n) is 2.69. The molecule has 1 amide bonds. The average molecular weight is 355 g/mol. The number of rotatable bonds is 5. The van der Waals surface area contributed by atoms with Crippen molar-refractivity contribution in [1.82, 2.24) is 9.55 Å². The fraction of sp³-hybridized carbons (Fsp3) is 0.222. The summed E-state index contributed by atoms with van der Waals surface area (Å²) in [6.45, 7) is 0.224. The van der Waals surface area contributed by atoms with E-state index in [4.69, 9.17) is 9.47 Å². The van der Waals surface area contributed by atoms with Crippen LogP contribution in [0.25, 0.3) is 11.0 Å². The number of aromatic nitrogens is 2. The molecular weight excluding hydrogens is 338 g/mol. The molecule has 128 valence electrons. The molecule has 1 aliphatic rings. The minimum atomic E-state index is -0.0369. The first-order chi connectivity index (χ1) is 12.2. The molecule has 2 aromatic carbocycles. The Morgan fingerprint density at radius 2 is 2.08 bits per heavy atom. The van der Waals surface area contributed by atoms with Gasteiger partial charge in [-0.3, -0.25) is 4.79 Å². The summed E-state index contributed by atoms with van der Waals surface area (Å²) < 4.78 is 12.6. The van der Waals surface area contributed by atoms with E-state index in [0.29, 0.717) is 29.4 Å². The number of imidazole rings is 1. The van der Waals surface area contributed by atoms with Gasteiger partial charge in [-0.1, -0.05) is 23.9 Å². The minimum absolute atomic E-state index is 0.0369. The van der Waals surface area contributed by atoms with E-state index in [-0.39, 0.29) is 12.7 Å². The van der Waals surface area contributed by atoms with E-state index in [0.717, 1.165) is 16.2 Å². The molecule has 0 saturated heterocycles. The summed E-state index contributed by atoms with van der Waals surface area (Å²) in [5.74, 6) is 1.99. The zero-order valence-electron chi connectivity index (χ0n) is 13.7. The number of amides is 1. The lowest BCUT2D eigenvalue weighted by atomic mass is 10.2. The predicted octanol–water partition coefficient (Wildman–Crippen LogP) is 3.42. The van der Waals surface area contributed by atoms with Crippen molar-refractivity contribution in [1.29, 1.82) is 0 Å². The Morgan fingerprint density at radius 1 is 1.24 bits per heavy atom. The maximum atomic E-state index is 12.1. The second-order valence-corrected chi connectivity index (χ2v) is 6.72. The van der Waals surface area contributed by atoms with E-state index < -0.39 is 0 Å². The number of carbonyl (C=O) groups is 1. The SMILES string of the molecule is Cn1c(SCCC(=O)Nc2ccc3c(c2)OCO3)nc2ccccc21. The van der Waals surface area contributed by atoms with Gasteiger partial charge in [-0.05, 0) is 24.3 Å². The molecule has 3 aromatic rings. The number of aryl methyl sites for hydroxylation is 1. The Kier molecular flexibility index (Phi) is 4.23. The average Bonchev–Trinajstić information content (AvgIpc) is 3.20. The molecule has 6 nitrogen and oxygen atoms in total. The van der Waals surface area contributed by atoms with Crippen LogP contribution in [0.1, 0.15) is 6.42 Å². The van der Waals surface area contributed by atoms with Crippen molar-refractivity contribution in [3.8, 4) is 11.5 Å². The van der Waals surface area contributed by atoms with E-state index in [1.807, 2.05) is 37.4 Å². The Balaban J connectivity index is 1.33. The normalized spacial score (nSPS) is 12.5. The number of hydrogen-bond donors (Lipinski definition) is 1. The highest BCUT2D eigenvalue weighted by Crippen LogP contribution is 2.34. The third-order valence-corrected chi connectivity index (χ3v) is 4.99. The van der Waals surface area contributed by atoms with E-state index in [9.17, 15) is 4.79 Å². The summed E-state index contributed by atoms with van der Waals surface area (Å²) in [5.41, 5.74) is 2.77. The van der Waals surface area contributed by atoms with Crippen molar-refractivity contribution in [2.75, 3.05) is 17.9 Å². The maximum Gasteiger partial charge on any atom is 0.231 e. The lowest BCUT2D eigenvalue weighted by molar-refractivity contribution is -0.115. The van der Waals surface area contributed by atoms with Crippen LogP contribution in [0, 0.1) is 0 Å². The molecule has 0 atom stereocenters. The zero-order valence-corrected chi connectivity index (χ0v) is 14.5. The second-order valence-electron chi connectivity index (χ2n) is 5.66. The summed E-state index contributed by atoms with van der Waals surface area (Å²) in [6, 6.07) is 13.4. The number of anilines is 1. The van der Waals surface area contributed by atoms with Gasteiger partial charge in [0.05, 0.1) is 11.0 Å². The van der Waals surface area contributed by atoms with Gasteiger partial charge in [-0.25, -0.2) is 4.98 Å². The molecular formula is C18H17N3O3S. The predicted molar refractivity (Wildman–Crippen MR) is 97.2 cm³/mol. The third kappa shape index (κ3) is 3.28. The van der Waals surface area contributed by atoms with E-state index in [2.05, 4.69) is 14.9 Å². The molecule has 1 aromatic heterocycles. The third-order valence-electron chi connectivity index (χ3n) is 3.96. The quantitative estimate of drug-likeness (QED) is 0.711. The second kappa shape index (κ2) is 6.68.